The molecular formula is C18H19N3O3. The molecule has 2 N–H and O–H groups in total. The second kappa shape index (κ2) is 9.09. The number of hydrogen-bond donors (Lipinski definition) is 2. The molecule has 0 heterocycles. The number of carbonyl (C=O) groups is 2. The van der Waals surface area contributed by atoms with E-state index < -0.39 is 5.91 Å². The van der Waals surface area contributed by atoms with Gasteiger partial charge in [0.25, 0.3) is 11.8 Å². The molecule has 6 nitrogen and oxygen atoms in total. The Labute approximate surface area is 140 Å². The van der Waals surface area contributed by atoms with E-state index in [0.717, 1.165) is 5.56 Å². The van der Waals surface area contributed by atoms with Gasteiger partial charge in [-0.2, -0.15) is 5.10 Å². The Morgan fingerprint density at radius 3 is 2.54 bits per heavy atom. The molecule has 0 aliphatic heterocycles. The normalized spacial score (nSPS) is 10.4. The van der Waals surface area contributed by atoms with Crippen molar-refractivity contribution in [3.8, 4) is 5.75 Å². The zero-order valence-electron chi connectivity index (χ0n) is 13.4. The Morgan fingerprint density at radius 1 is 1.08 bits per heavy atom. The number of carbonyl (C=O) groups excluding carboxylic acids is 2. The van der Waals surface area contributed by atoms with E-state index in [2.05, 4.69) is 15.8 Å². The van der Waals surface area contributed by atoms with Crippen LogP contribution in [0.5, 0.6) is 5.75 Å². The highest BCUT2D eigenvalue weighted by molar-refractivity contribution is 5.96. The maximum absolute atomic E-state index is 11.8. The molecule has 0 atom stereocenters. The SMILES string of the molecule is CCOc1ccccc1/C=N\NC(=O)CNC(=O)c1ccccc1. The molecule has 0 saturated carbocycles. The second-order valence-corrected chi connectivity index (χ2v) is 4.81. The summed E-state index contributed by atoms with van der Waals surface area (Å²) in [7, 11) is 0. The molecule has 124 valence electrons. The molecule has 0 aliphatic carbocycles. The number of rotatable bonds is 7. The van der Waals surface area contributed by atoms with Gasteiger partial charge in [-0.15, -0.1) is 0 Å². The van der Waals surface area contributed by atoms with E-state index in [9.17, 15) is 9.59 Å². The van der Waals surface area contributed by atoms with Crippen LogP contribution in [0, 0.1) is 0 Å². The minimum absolute atomic E-state index is 0.155. The molecule has 0 aromatic heterocycles. The van der Waals surface area contributed by atoms with Gasteiger partial charge in [0.05, 0.1) is 19.4 Å². The average Bonchev–Trinajstić information content (AvgIpc) is 2.62. The van der Waals surface area contributed by atoms with Crippen molar-refractivity contribution in [1.29, 1.82) is 0 Å². The predicted molar refractivity (Wildman–Crippen MR) is 92.1 cm³/mol. The van der Waals surface area contributed by atoms with E-state index in [1.54, 1.807) is 24.3 Å². The molecule has 0 aliphatic rings. The van der Waals surface area contributed by atoms with Gasteiger partial charge in [-0.3, -0.25) is 9.59 Å². The average molecular weight is 325 g/mol. The molecule has 6 heteroatoms. The topological polar surface area (TPSA) is 79.8 Å². The molecule has 0 bridgehead atoms. The number of para-hydroxylation sites is 1. The van der Waals surface area contributed by atoms with Crippen LogP contribution >= 0.6 is 0 Å². The Balaban J connectivity index is 1.82. The van der Waals surface area contributed by atoms with Crippen molar-refractivity contribution in [3.63, 3.8) is 0 Å². The first-order valence-corrected chi connectivity index (χ1v) is 7.57. The molecule has 0 saturated heterocycles. The minimum Gasteiger partial charge on any atom is -0.493 e. The van der Waals surface area contributed by atoms with Gasteiger partial charge < -0.3 is 10.1 Å². The summed E-state index contributed by atoms with van der Waals surface area (Å²) in [6.07, 6.45) is 1.50. The lowest BCUT2D eigenvalue weighted by molar-refractivity contribution is -0.120. The Hall–Kier alpha value is -3.15. The van der Waals surface area contributed by atoms with Crippen LogP contribution in [0.2, 0.25) is 0 Å². The van der Waals surface area contributed by atoms with Crippen molar-refractivity contribution in [3.05, 3.63) is 65.7 Å². The van der Waals surface area contributed by atoms with Crippen molar-refractivity contribution >= 4 is 18.0 Å². The fourth-order valence-corrected chi connectivity index (χ4v) is 1.94. The fourth-order valence-electron chi connectivity index (χ4n) is 1.94. The van der Waals surface area contributed by atoms with Gasteiger partial charge in [0, 0.05) is 11.1 Å². The molecule has 0 unspecified atom stereocenters. The van der Waals surface area contributed by atoms with Crippen LogP contribution in [-0.2, 0) is 4.79 Å². The predicted octanol–water partition coefficient (Wildman–Crippen LogP) is 1.97. The zero-order valence-corrected chi connectivity index (χ0v) is 13.4. The lowest BCUT2D eigenvalue weighted by Gasteiger charge is -2.06. The fraction of sp³-hybridized carbons (Fsp3) is 0.167. The smallest absolute Gasteiger partial charge is 0.259 e. The van der Waals surface area contributed by atoms with Gasteiger partial charge >= 0.3 is 0 Å². The van der Waals surface area contributed by atoms with Gasteiger partial charge in [0.2, 0.25) is 0 Å². The molecule has 2 aromatic carbocycles. The first kappa shape index (κ1) is 17.2. The van der Waals surface area contributed by atoms with Crippen molar-refractivity contribution < 1.29 is 14.3 Å². The van der Waals surface area contributed by atoms with E-state index in [1.165, 1.54) is 6.21 Å². The summed E-state index contributed by atoms with van der Waals surface area (Å²) in [5.74, 6) is -0.0313. The van der Waals surface area contributed by atoms with Gasteiger partial charge in [0.15, 0.2) is 0 Å². The molecule has 2 rings (SSSR count). The standard InChI is InChI=1S/C18H19N3O3/c1-2-24-16-11-7-6-10-15(16)12-20-21-17(22)13-19-18(23)14-8-4-3-5-9-14/h3-12H,2,13H2,1H3,(H,19,23)(H,21,22)/b20-12-. The summed E-state index contributed by atoms with van der Waals surface area (Å²) in [4.78, 5) is 23.5. The number of ether oxygens (including phenoxy) is 1. The highest BCUT2D eigenvalue weighted by Crippen LogP contribution is 2.15. The van der Waals surface area contributed by atoms with Crippen LogP contribution in [-0.4, -0.2) is 31.2 Å². The summed E-state index contributed by atoms with van der Waals surface area (Å²) < 4.78 is 5.46. The molecule has 0 fully saturated rings. The molecule has 24 heavy (non-hydrogen) atoms. The van der Waals surface area contributed by atoms with E-state index in [0.29, 0.717) is 17.9 Å². The number of nitrogens with zero attached hydrogens (tertiary/aromatic N) is 1. The maximum atomic E-state index is 11.8. The van der Waals surface area contributed by atoms with Crippen LogP contribution in [0.4, 0.5) is 0 Å². The molecule has 2 aromatic rings. The number of nitrogens with one attached hydrogen (secondary N) is 2. The maximum Gasteiger partial charge on any atom is 0.259 e. The monoisotopic (exact) mass is 325 g/mol. The largest absolute Gasteiger partial charge is 0.493 e. The van der Waals surface area contributed by atoms with Gasteiger partial charge in [-0.05, 0) is 31.2 Å². The van der Waals surface area contributed by atoms with Crippen LogP contribution in [0.15, 0.2) is 59.7 Å². The first-order chi connectivity index (χ1) is 11.7. The van der Waals surface area contributed by atoms with E-state index >= 15 is 0 Å². The molecule has 2 amide bonds. The van der Waals surface area contributed by atoms with Crippen LogP contribution in [0.25, 0.3) is 0 Å². The zero-order chi connectivity index (χ0) is 17.2. The number of hydrazone groups is 1. The summed E-state index contributed by atoms with van der Waals surface area (Å²) in [6, 6.07) is 16.1. The summed E-state index contributed by atoms with van der Waals surface area (Å²) in [5.41, 5.74) is 3.62. The molecular weight excluding hydrogens is 306 g/mol. The third-order valence-electron chi connectivity index (χ3n) is 3.06. The van der Waals surface area contributed by atoms with Gasteiger partial charge in [-0.1, -0.05) is 30.3 Å². The number of benzene rings is 2. The first-order valence-electron chi connectivity index (χ1n) is 7.57. The summed E-state index contributed by atoms with van der Waals surface area (Å²) in [5, 5.41) is 6.41. The Morgan fingerprint density at radius 2 is 1.79 bits per heavy atom. The molecule has 0 radical (unpaired) electrons. The second-order valence-electron chi connectivity index (χ2n) is 4.81. The van der Waals surface area contributed by atoms with Crippen molar-refractivity contribution in [2.45, 2.75) is 6.92 Å². The van der Waals surface area contributed by atoms with E-state index in [-0.39, 0.29) is 12.5 Å². The number of hydrogen-bond acceptors (Lipinski definition) is 4. The Kier molecular flexibility index (Phi) is 6.52. The van der Waals surface area contributed by atoms with E-state index in [4.69, 9.17) is 4.74 Å². The van der Waals surface area contributed by atoms with Gasteiger partial charge in [0.1, 0.15) is 5.75 Å². The van der Waals surface area contributed by atoms with E-state index in [1.807, 2.05) is 37.3 Å². The minimum atomic E-state index is -0.413. The summed E-state index contributed by atoms with van der Waals surface area (Å²) >= 11 is 0. The lowest BCUT2D eigenvalue weighted by Crippen LogP contribution is -2.34. The van der Waals surface area contributed by atoms with Crippen molar-refractivity contribution in [1.82, 2.24) is 10.7 Å². The molecule has 0 spiro atoms. The number of amides is 2. The third-order valence-corrected chi connectivity index (χ3v) is 3.06. The Bertz CT molecular complexity index is 714. The third kappa shape index (κ3) is 5.24. The highest BCUT2D eigenvalue weighted by atomic mass is 16.5. The quantitative estimate of drug-likeness (QED) is 0.603. The lowest BCUT2D eigenvalue weighted by atomic mass is 10.2. The highest BCUT2D eigenvalue weighted by Gasteiger charge is 2.06. The van der Waals surface area contributed by atoms with Crippen LogP contribution in [0.1, 0.15) is 22.8 Å². The van der Waals surface area contributed by atoms with Crippen molar-refractivity contribution in [2.75, 3.05) is 13.2 Å². The van der Waals surface area contributed by atoms with Crippen LogP contribution in [0.3, 0.4) is 0 Å². The summed E-state index contributed by atoms with van der Waals surface area (Å²) in [6.45, 7) is 2.28. The van der Waals surface area contributed by atoms with Crippen molar-refractivity contribution in [2.24, 2.45) is 5.10 Å². The van der Waals surface area contributed by atoms with Gasteiger partial charge in [-0.25, -0.2) is 5.43 Å². The van der Waals surface area contributed by atoms with Crippen LogP contribution < -0.4 is 15.5 Å².